The van der Waals surface area contributed by atoms with Gasteiger partial charge in [0.05, 0.1) is 5.69 Å². The van der Waals surface area contributed by atoms with Crippen molar-refractivity contribution in [2.24, 2.45) is 0 Å². The molecule has 1 aromatic rings. The lowest BCUT2D eigenvalue weighted by atomic mass is 10.3. The molecule has 0 aliphatic heterocycles. The molecule has 2 unspecified atom stereocenters. The van der Waals surface area contributed by atoms with Crippen LogP contribution in [0.2, 0.25) is 0 Å². The Balaban J connectivity index is 2.68. The van der Waals surface area contributed by atoms with Crippen molar-refractivity contribution in [1.82, 2.24) is 5.43 Å². The van der Waals surface area contributed by atoms with Crippen LogP contribution in [0, 0.1) is 0 Å². The van der Waals surface area contributed by atoms with E-state index in [1.807, 2.05) is 6.07 Å². The summed E-state index contributed by atoms with van der Waals surface area (Å²) in [6.45, 7) is 3.12. The molecule has 0 fully saturated rings. The van der Waals surface area contributed by atoms with E-state index in [0.717, 1.165) is 0 Å². The average Bonchev–Trinajstić information content (AvgIpc) is 2.15. The molecule has 0 aliphatic rings. The van der Waals surface area contributed by atoms with Crippen molar-refractivity contribution >= 4 is 5.69 Å². The highest BCUT2D eigenvalue weighted by Crippen LogP contribution is 2.23. The van der Waals surface area contributed by atoms with Crippen LogP contribution in [0.15, 0.2) is 24.3 Å². The molecule has 2 atom stereocenters. The van der Waals surface area contributed by atoms with E-state index >= 15 is 0 Å². The summed E-state index contributed by atoms with van der Waals surface area (Å²) in [5, 5.41) is 18.1. The monoisotopic (exact) mass is 212 g/mol. The Morgan fingerprint density at radius 3 is 2.47 bits per heavy atom. The van der Waals surface area contributed by atoms with E-state index in [9.17, 15) is 0 Å². The highest BCUT2D eigenvalue weighted by molar-refractivity contribution is 5.55. The van der Waals surface area contributed by atoms with Crippen molar-refractivity contribution in [2.75, 3.05) is 5.43 Å². The minimum atomic E-state index is -0.875. The quantitative estimate of drug-likeness (QED) is 0.426. The van der Waals surface area contributed by atoms with Crippen LogP contribution >= 0.6 is 0 Å². The number of nitrogens with one attached hydrogen (secondary N) is 2. The lowest BCUT2D eigenvalue weighted by Crippen LogP contribution is -2.31. The molecular weight excluding hydrogens is 196 g/mol. The zero-order chi connectivity index (χ0) is 11.3. The lowest BCUT2D eigenvalue weighted by Gasteiger charge is -2.16. The molecule has 15 heavy (non-hydrogen) atoms. The van der Waals surface area contributed by atoms with Crippen molar-refractivity contribution in [3.8, 4) is 5.75 Å². The molecule has 0 saturated carbocycles. The van der Waals surface area contributed by atoms with Gasteiger partial charge in [0.1, 0.15) is 12.0 Å². The van der Waals surface area contributed by atoms with Gasteiger partial charge in [0.25, 0.3) is 0 Å². The van der Waals surface area contributed by atoms with E-state index in [4.69, 9.17) is 14.9 Å². The molecule has 1 rings (SSSR count). The van der Waals surface area contributed by atoms with Crippen molar-refractivity contribution in [3.05, 3.63) is 24.3 Å². The first-order valence-electron chi connectivity index (χ1n) is 4.73. The minimum Gasteiger partial charge on any atom is -0.463 e. The average molecular weight is 212 g/mol. The smallest absolute Gasteiger partial charge is 0.194 e. The number of hydrazine groups is 1. The summed E-state index contributed by atoms with van der Waals surface area (Å²) >= 11 is 0. The van der Waals surface area contributed by atoms with Crippen LogP contribution in [0.25, 0.3) is 0 Å². The second kappa shape index (κ2) is 5.55. The number of ether oxygens (including phenoxy) is 1. The molecule has 0 aromatic heterocycles. The molecule has 1 aromatic carbocycles. The van der Waals surface area contributed by atoms with Crippen LogP contribution in [-0.4, -0.2) is 22.7 Å². The van der Waals surface area contributed by atoms with Gasteiger partial charge in [0, 0.05) is 0 Å². The number of rotatable bonds is 5. The lowest BCUT2D eigenvalue weighted by molar-refractivity contribution is 0.000159. The first-order chi connectivity index (χ1) is 7.09. The third-order valence-electron chi connectivity index (χ3n) is 1.60. The summed E-state index contributed by atoms with van der Waals surface area (Å²) < 4.78 is 5.15. The van der Waals surface area contributed by atoms with Gasteiger partial charge in [-0.25, -0.2) is 5.43 Å². The number of anilines is 1. The summed E-state index contributed by atoms with van der Waals surface area (Å²) in [6, 6.07) is 7.11. The Bertz CT molecular complexity index is 302. The number of hydrogen-bond acceptors (Lipinski definition) is 5. The maximum absolute atomic E-state index is 9.09. The summed E-state index contributed by atoms with van der Waals surface area (Å²) in [6.07, 6.45) is -1.55. The van der Waals surface area contributed by atoms with Gasteiger partial charge in [-0.15, -0.1) is 0 Å². The maximum atomic E-state index is 9.09. The predicted octanol–water partition coefficient (Wildman–Crippen LogP) is 0.659. The van der Waals surface area contributed by atoms with Crippen molar-refractivity contribution in [1.29, 1.82) is 0 Å². The minimum absolute atomic E-state index is 0.514. The molecular formula is C10H16N2O3. The Labute approximate surface area is 88.7 Å². The van der Waals surface area contributed by atoms with Gasteiger partial charge in [-0.05, 0) is 26.0 Å². The molecule has 5 nitrogen and oxygen atoms in total. The number of aliphatic hydroxyl groups excluding tert-OH is 2. The second-order valence-electron chi connectivity index (χ2n) is 3.16. The Hall–Kier alpha value is -1.30. The first kappa shape index (κ1) is 11.8. The molecule has 0 radical (unpaired) electrons. The Morgan fingerprint density at radius 2 is 1.87 bits per heavy atom. The first-order valence-corrected chi connectivity index (χ1v) is 4.73. The normalized spacial score (nSPS) is 14.4. The van der Waals surface area contributed by atoms with E-state index in [1.54, 1.807) is 25.1 Å². The van der Waals surface area contributed by atoms with Crippen LogP contribution in [-0.2, 0) is 0 Å². The van der Waals surface area contributed by atoms with Gasteiger partial charge in [-0.1, -0.05) is 12.1 Å². The number of aliphatic hydroxyl groups is 2. The van der Waals surface area contributed by atoms with E-state index in [-0.39, 0.29) is 0 Å². The number of para-hydroxylation sites is 2. The van der Waals surface area contributed by atoms with Crippen LogP contribution in [0.1, 0.15) is 13.8 Å². The third-order valence-corrected chi connectivity index (χ3v) is 1.60. The highest BCUT2D eigenvalue weighted by atomic mass is 16.6. The molecule has 0 amide bonds. The van der Waals surface area contributed by atoms with Crippen LogP contribution < -0.4 is 15.6 Å². The summed E-state index contributed by atoms with van der Waals surface area (Å²) in [7, 11) is 0. The summed E-state index contributed by atoms with van der Waals surface area (Å²) in [5.74, 6) is 0.514. The van der Waals surface area contributed by atoms with Crippen molar-refractivity contribution in [3.63, 3.8) is 0 Å². The van der Waals surface area contributed by atoms with Crippen molar-refractivity contribution in [2.45, 2.75) is 26.4 Å². The molecule has 0 aliphatic carbocycles. The van der Waals surface area contributed by atoms with Gasteiger partial charge < -0.3 is 20.4 Å². The second-order valence-corrected chi connectivity index (χ2v) is 3.16. The van der Waals surface area contributed by atoms with Crippen LogP contribution in [0.3, 0.4) is 0 Å². The van der Waals surface area contributed by atoms with Crippen molar-refractivity contribution < 1.29 is 14.9 Å². The number of hydrogen-bond donors (Lipinski definition) is 4. The standard InChI is InChI=1S/C10H16N2O3/c1-7(13)11-12-9-5-3-4-6-10(9)15-8(2)14/h3-8,11-14H,1-2H3. The summed E-state index contributed by atoms with van der Waals surface area (Å²) in [5.41, 5.74) is 6.05. The maximum Gasteiger partial charge on any atom is 0.194 e. The Kier molecular flexibility index (Phi) is 4.36. The van der Waals surface area contributed by atoms with Gasteiger partial charge in [0.15, 0.2) is 6.29 Å². The molecule has 0 saturated heterocycles. The largest absolute Gasteiger partial charge is 0.463 e. The van der Waals surface area contributed by atoms with Gasteiger partial charge in [-0.2, -0.15) is 0 Å². The van der Waals surface area contributed by atoms with E-state index in [1.165, 1.54) is 6.92 Å². The molecule has 0 spiro atoms. The SMILES string of the molecule is CC(O)NNc1ccccc1OC(C)O. The third kappa shape index (κ3) is 4.16. The van der Waals surface area contributed by atoms with E-state index in [2.05, 4.69) is 10.9 Å². The fourth-order valence-corrected chi connectivity index (χ4v) is 1.04. The van der Waals surface area contributed by atoms with Gasteiger partial charge in [-0.3, -0.25) is 0 Å². The van der Waals surface area contributed by atoms with Gasteiger partial charge in [0.2, 0.25) is 0 Å². The highest BCUT2D eigenvalue weighted by Gasteiger charge is 2.05. The molecule has 5 heteroatoms. The van der Waals surface area contributed by atoms with Crippen LogP contribution in [0.4, 0.5) is 5.69 Å². The Morgan fingerprint density at radius 1 is 1.20 bits per heavy atom. The zero-order valence-corrected chi connectivity index (χ0v) is 8.77. The topological polar surface area (TPSA) is 73.8 Å². The molecule has 4 N–H and O–H groups in total. The zero-order valence-electron chi connectivity index (χ0n) is 8.77. The van der Waals surface area contributed by atoms with Gasteiger partial charge >= 0.3 is 0 Å². The number of benzene rings is 1. The predicted molar refractivity (Wildman–Crippen MR) is 57.2 cm³/mol. The fraction of sp³-hybridized carbons (Fsp3) is 0.400. The molecule has 84 valence electrons. The fourth-order valence-electron chi connectivity index (χ4n) is 1.04. The van der Waals surface area contributed by atoms with E-state index in [0.29, 0.717) is 11.4 Å². The molecule has 0 bridgehead atoms. The van der Waals surface area contributed by atoms with E-state index < -0.39 is 12.5 Å². The molecule has 0 heterocycles. The summed E-state index contributed by atoms with van der Waals surface area (Å²) in [4.78, 5) is 0. The van der Waals surface area contributed by atoms with Crippen LogP contribution in [0.5, 0.6) is 5.75 Å².